The van der Waals surface area contributed by atoms with Gasteiger partial charge < -0.3 is 11.1 Å². The molecule has 0 aromatic heterocycles. The molecule has 19 heavy (non-hydrogen) atoms. The lowest BCUT2D eigenvalue weighted by Crippen LogP contribution is -2.43. The third-order valence-corrected chi connectivity index (χ3v) is 4.46. The molecule has 0 radical (unpaired) electrons. The van der Waals surface area contributed by atoms with Gasteiger partial charge in [-0.1, -0.05) is 6.07 Å². The van der Waals surface area contributed by atoms with E-state index in [1.165, 1.54) is 11.1 Å². The number of aryl methyl sites for hydroxylation is 1. The molecule has 3 N–H and O–H groups in total. The largest absolute Gasteiger partial charge is 0.399 e. The molecule has 1 aromatic carbocycles. The highest BCUT2D eigenvalue weighted by Crippen LogP contribution is 2.40. The van der Waals surface area contributed by atoms with Crippen LogP contribution in [0.5, 0.6) is 0 Å². The number of fused-ring (bicyclic) bond motifs is 1. The van der Waals surface area contributed by atoms with Gasteiger partial charge in [-0.3, -0.25) is 9.69 Å². The number of amides is 1. The van der Waals surface area contributed by atoms with Gasteiger partial charge in [0.05, 0.1) is 6.04 Å². The number of carbonyl (C=O) groups is 1. The van der Waals surface area contributed by atoms with Crippen LogP contribution in [0.25, 0.3) is 0 Å². The number of nitrogens with zero attached hydrogens (tertiary/aromatic N) is 1. The van der Waals surface area contributed by atoms with Gasteiger partial charge in [0.25, 0.3) is 0 Å². The molecule has 1 aliphatic heterocycles. The van der Waals surface area contributed by atoms with Crippen molar-refractivity contribution in [3.63, 3.8) is 0 Å². The van der Waals surface area contributed by atoms with Crippen molar-refractivity contribution in [2.75, 3.05) is 19.3 Å². The average molecular weight is 259 g/mol. The highest BCUT2D eigenvalue weighted by atomic mass is 16.2. The molecular weight excluding hydrogens is 238 g/mol. The minimum absolute atomic E-state index is 0.0403. The van der Waals surface area contributed by atoms with Crippen molar-refractivity contribution in [2.24, 2.45) is 0 Å². The molecule has 2 aliphatic rings. The number of carbonyl (C=O) groups excluding carboxylic acids is 1. The van der Waals surface area contributed by atoms with Crippen molar-refractivity contribution in [1.82, 2.24) is 10.2 Å². The molecule has 0 spiro atoms. The predicted molar refractivity (Wildman–Crippen MR) is 75.7 cm³/mol. The van der Waals surface area contributed by atoms with Gasteiger partial charge in [-0.15, -0.1) is 0 Å². The Bertz CT molecular complexity index is 500. The first-order valence-corrected chi connectivity index (χ1v) is 7.06. The molecule has 2 atom stereocenters. The molecule has 1 aromatic rings. The van der Waals surface area contributed by atoms with Crippen molar-refractivity contribution in [3.05, 3.63) is 29.3 Å². The summed E-state index contributed by atoms with van der Waals surface area (Å²) in [6, 6.07) is 6.63. The molecule has 1 saturated heterocycles. The van der Waals surface area contributed by atoms with E-state index in [1.54, 1.807) is 7.05 Å². The summed E-state index contributed by atoms with van der Waals surface area (Å²) in [6.07, 6.45) is 4.26. The van der Waals surface area contributed by atoms with E-state index in [0.717, 1.165) is 37.9 Å². The zero-order valence-corrected chi connectivity index (χ0v) is 11.4. The molecule has 1 fully saturated rings. The van der Waals surface area contributed by atoms with Gasteiger partial charge in [0, 0.05) is 18.8 Å². The van der Waals surface area contributed by atoms with Crippen LogP contribution < -0.4 is 11.1 Å². The van der Waals surface area contributed by atoms with Crippen LogP contribution in [0.15, 0.2) is 18.2 Å². The van der Waals surface area contributed by atoms with E-state index in [-0.39, 0.29) is 11.9 Å². The first kappa shape index (κ1) is 12.5. The Balaban J connectivity index is 1.87. The summed E-state index contributed by atoms with van der Waals surface area (Å²) in [5.74, 6) is 0.154. The summed E-state index contributed by atoms with van der Waals surface area (Å²) < 4.78 is 0. The quantitative estimate of drug-likeness (QED) is 0.791. The van der Waals surface area contributed by atoms with Crippen molar-refractivity contribution in [1.29, 1.82) is 0 Å². The summed E-state index contributed by atoms with van der Waals surface area (Å²) in [7, 11) is 1.72. The first-order chi connectivity index (χ1) is 9.20. The minimum atomic E-state index is 0.0403. The van der Waals surface area contributed by atoms with Crippen molar-refractivity contribution < 1.29 is 4.79 Å². The summed E-state index contributed by atoms with van der Waals surface area (Å²) in [4.78, 5) is 14.4. The number of nitrogen functional groups attached to an aromatic ring is 1. The van der Waals surface area contributed by atoms with Gasteiger partial charge >= 0.3 is 0 Å². The Kier molecular flexibility index (Phi) is 3.19. The second-order valence-electron chi connectivity index (χ2n) is 5.52. The fourth-order valence-electron chi connectivity index (χ4n) is 3.57. The number of nitrogens with two attached hydrogens (primary N) is 1. The van der Waals surface area contributed by atoms with Crippen LogP contribution in [-0.4, -0.2) is 30.4 Å². The van der Waals surface area contributed by atoms with Crippen LogP contribution >= 0.6 is 0 Å². The molecule has 4 nitrogen and oxygen atoms in total. The van der Waals surface area contributed by atoms with Crippen molar-refractivity contribution in [3.8, 4) is 0 Å². The van der Waals surface area contributed by atoms with Gasteiger partial charge in [-0.05, 0) is 55.5 Å². The second kappa shape index (κ2) is 4.85. The van der Waals surface area contributed by atoms with E-state index in [2.05, 4.69) is 22.3 Å². The van der Waals surface area contributed by atoms with E-state index < -0.39 is 0 Å². The first-order valence-electron chi connectivity index (χ1n) is 7.06. The number of nitrogens with one attached hydrogen (secondary N) is 1. The van der Waals surface area contributed by atoms with Crippen LogP contribution in [0.4, 0.5) is 5.69 Å². The number of anilines is 1. The lowest BCUT2D eigenvalue weighted by Gasteiger charge is -2.30. The van der Waals surface area contributed by atoms with Crippen LogP contribution in [0, 0.1) is 0 Å². The Hall–Kier alpha value is -1.55. The van der Waals surface area contributed by atoms with Gasteiger partial charge in [-0.25, -0.2) is 0 Å². The molecule has 0 bridgehead atoms. The third kappa shape index (κ3) is 2.10. The molecule has 1 heterocycles. The zero-order valence-electron chi connectivity index (χ0n) is 11.4. The number of likely N-dealkylation sites (N-methyl/N-ethyl adjacent to an activating group) is 1. The SMILES string of the molecule is CNC(=O)C1CCCN1C1CCc2cc(N)ccc21. The molecule has 4 heteroatoms. The number of hydrogen-bond donors (Lipinski definition) is 2. The highest BCUT2D eigenvalue weighted by Gasteiger charge is 2.38. The molecule has 2 unspecified atom stereocenters. The summed E-state index contributed by atoms with van der Waals surface area (Å²) in [5.41, 5.74) is 9.41. The van der Waals surface area contributed by atoms with Crippen LogP contribution in [0.2, 0.25) is 0 Å². The van der Waals surface area contributed by atoms with Crippen molar-refractivity contribution in [2.45, 2.75) is 37.8 Å². The summed E-state index contributed by atoms with van der Waals surface area (Å²) in [6.45, 7) is 1.02. The Labute approximate surface area is 114 Å². The third-order valence-electron chi connectivity index (χ3n) is 4.46. The molecule has 1 amide bonds. The van der Waals surface area contributed by atoms with E-state index in [4.69, 9.17) is 5.73 Å². The van der Waals surface area contributed by atoms with Gasteiger partial charge in [0.15, 0.2) is 0 Å². The second-order valence-corrected chi connectivity index (χ2v) is 5.52. The van der Waals surface area contributed by atoms with E-state index in [9.17, 15) is 4.79 Å². The smallest absolute Gasteiger partial charge is 0.237 e. The number of benzene rings is 1. The lowest BCUT2D eigenvalue weighted by atomic mass is 10.0. The number of rotatable bonds is 2. The van der Waals surface area contributed by atoms with Gasteiger partial charge in [0.1, 0.15) is 0 Å². The van der Waals surface area contributed by atoms with E-state index in [0.29, 0.717) is 6.04 Å². The fraction of sp³-hybridized carbons (Fsp3) is 0.533. The van der Waals surface area contributed by atoms with Crippen LogP contribution in [0.3, 0.4) is 0 Å². The van der Waals surface area contributed by atoms with Gasteiger partial charge in [0.2, 0.25) is 5.91 Å². The van der Waals surface area contributed by atoms with E-state index in [1.807, 2.05) is 6.07 Å². The lowest BCUT2D eigenvalue weighted by molar-refractivity contribution is -0.125. The summed E-state index contributed by atoms with van der Waals surface area (Å²) >= 11 is 0. The number of likely N-dealkylation sites (tertiary alicyclic amines) is 1. The maximum atomic E-state index is 12.0. The monoisotopic (exact) mass is 259 g/mol. The highest BCUT2D eigenvalue weighted by molar-refractivity contribution is 5.81. The standard InChI is InChI=1S/C15H21N3O/c1-17-15(19)14-3-2-8-18(14)13-7-4-10-9-11(16)5-6-12(10)13/h5-6,9,13-14H,2-4,7-8,16H2,1H3,(H,17,19). The van der Waals surface area contributed by atoms with Crippen LogP contribution in [0.1, 0.15) is 36.4 Å². The normalized spacial score (nSPS) is 26.4. The zero-order chi connectivity index (χ0) is 13.4. The predicted octanol–water partition coefficient (Wildman–Crippen LogP) is 1.47. The summed E-state index contributed by atoms with van der Waals surface area (Å²) in [5, 5.41) is 2.79. The average Bonchev–Trinajstić information content (AvgIpc) is 3.02. The van der Waals surface area contributed by atoms with Crippen molar-refractivity contribution >= 4 is 11.6 Å². The van der Waals surface area contributed by atoms with Crippen LogP contribution in [-0.2, 0) is 11.2 Å². The fourth-order valence-corrected chi connectivity index (χ4v) is 3.57. The Morgan fingerprint density at radius 1 is 1.42 bits per heavy atom. The minimum Gasteiger partial charge on any atom is -0.399 e. The maximum Gasteiger partial charge on any atom is 0.237 e. The molecule has 102 valence electrons. The Morgan fingerprint density at radius 2 is 2.26 bits per heavy atom. The Morgan fingerprint density at radius 3 is 3.05 bits per heavy atom. The number of hydrogen-bond acceptors (Lipinski definition) is 3. The topological polar surface area (TPSA) is 58.4 Å². The molecular formula is C15H21N3O. The molecule has 3 rings (SSSR count). The maximum absolute atomic E-state index is 12.0. The van der Waals surface area contributed by atoms with E-state index >= 15 is 0 Å². The molecule has 1 aliphatic carbocycles. The molecule has 0 saturated carbocycles. The van der Waals surface area contributed by atoms with Gasteiger partial charge in [-0.2, -0.15) is 0 Å².